The molecule has 3 N–H and O–H groups in total. The number of sulfonamides is 1. The van der Waals surface area contributed by atoms with Crippen LogP contribution in [0.2, 0.25) is 0 Å². The Labute approximate surface area is 229 Å². The van der Waals surface area contributed by atoms with Crippen LogP contribution in [0.25, 0.3) is 10.2 Å². The van der Waals surface area contributed by atoms with E-state index in [1.54, 1.807) is 24.4 Å². The highest BCUT2D eigenvalue weighted by molar-refractivity contribution is 7.91. The maximum Gasteiger partial charge on any atom is 0.307 e. The fourth-order valence-electron chi connectivity index (χ4n) is 4.21. The molecule has 0 saturated carbocycles. The first-order valence-electron chi connectivity index (χ1n) is 12.2. The van der Waals surface area contributed by atoms with Crippen molar-refractivity contribution in [3.63, 3.8) is 0 Å². The number of primary sulfonamides is 1. The number of carbonyl (C=O) groups excluding carboxylic acids is 1. The first-order valence-corrected chi connectivity index (χ1v) is 14.5. The van der Waals surface area contributed by atoms with E-state index in [9.17, 15) is 23.1 Å². The van der Waals surface area contributed by atoms with Crippen molar-refractivity contribution in [2.45, 2.75) is 50.6 Å². The van der Waals surface area contributed by atoms with Crippen LogP contribution in [0, 0.1) is 18.8 Å². The summed E-state index contributed by atoms with van der Waals surface area (Å²) in [4.78, 5) is 29.3. The highest BCUT2D eigenvalue weighted by Gasteiger charge is 2.30. The summed E-state index contributed by atoms with van der Waals surface area (Å²) in [6, 6.07) is 11.9. The molecule has 0 amide bonds. The second-order valence-electron chi connectivity index (χ2n) is 9.72. The molecule has 0 unspecified atom stereocenters. The van der Waals surface area contributed by atoms with E-state index in [1.165, 1.54) is 4.68 Å². The molecule has 0 radical (unpaired) electrons. The molecule has 0 aliphatic rings. The number of aliphatic carboxylic acids is 1. The average molecular weight is 572 g/mol. The van der Waals surface area contributed by atoms with Crippen LogP contribution in [0.4, 0.5) is 0 Å². The lowest BCUT2D eigenvalue weighted by atomic mass is 9.89. The Morgan fingerprint density at radius 1 is 1.15 bits per heavy atom. The van der Waals surface area contributed by atoms with Gasteiger partial charge in [0.05, 0.1) is 22.3 Å². The number of fused-ring (bicyclic) bond motifs is 1. The number of ether oxygens (including phenoxy) is 1. The van der Waals surface area contributed by atoms with Gasteiger partial charge in [0.2, 0.25) is 4.34 Å². The van der Waals surface area contributed by atoms with Crippen molar-refractivity contribution in [2.75, 3.05) is 0 Å². The summed E-state index contributed by atoms with van der Waals surface area (Å²) in [6.07, 6.45) is 1.74. The normalized spacial score (nSPS) is 13.5. The molecular formula is C26H29N5O6S2. The minimum absolute atomic E-state index is 0.0521. The Balaban J connectivity index is 1.43. The predicted octanol–water partition coefficient (Wildman–Crippen LogP) is 3.52. The average Bonchev–Trinajstić information content (AvgIpc) is 3.50. The van der Waals surface area contributed by atoms with E-state index in [2.05, 4.69) is 15.3 Å². The second kappa shape index (κ2) is 11.6. The number of ketones is 1. The molecule has 13 heteroatoms. The van der Waals surface area contributed by atoms with E-state index in [0.717, 1.165) is 22.5 Å². The van der Waals surface area contributed by atoms with E-state index >= 15 is 0 Å². The van der Waals surface area contributed by atoms with Crippen LogP contribution in [0.5, 0.6) is 5.75 Å². The predicted molar refractivity (Wildman–Crippen MR) is 145 cm³/mol. The Kier molecular flexibility index (Phi) is 8.42. The Morgan fingerprint density at radius 3 is 2.51 bits per heavy atom. The van der Waals surface area contributed by atoms with Gasteiger partial charge in [-0.1, -0.05) is 48.9 Å². The van der Waals surface area contributed by atoms with Gasteiger partial charge in [0.25, 0.3) is 10.0 Å². The van der Waals surface area contributed by atoms with Gasteiger partial charge in [0.1, 0.15) is 24.1 Å². The van der Waals surface area contributed by atoms with Gasteiger partial charge >= 0.3 is 5.97 Å². The number of thiazole rings is 1. The van der Waals surface area contributed by atoms with Gasteiger partial charge in [-0.15, -0.1) is 16.4 Å². The fourth-order valence-corrected chi connectivity index (χ4v) is 5.90. The van der Waals surface area contributed by atoms with Crippen LogP contribution in [0.1, 0.15) is 43.1 Å². The molecule has 2 aromatic carbocycles. The Hall–Kier alpha value is -3.68. The summed E-state index contributed by atoms with van der Waals surface area (Å²) in [7, 11) is -3.90. The van der Waals surface area contributed by atoms with E-state index in [1.807, 2.05) is 45.0 Å². The van der Waals surface area contributed by atoms with Crippen molar-refractivity contribution in [1.82, 2.24) is 20.0 Å². The van der Waals surface area contributed by atoms with Crippen LogP contribution in [-0.2, 0) is 32.6 Å². The number of nitrogens with two attached hydrogens (primary N) is 1. The number of aryl methyl sites for hydroxylation is 1. The molecule has 11 nitrogen and oxygen atoms in total. The summed E-state index contributed by atoms with van der Waals surface area (Å²) in [5, 5.41) is 23.2. The van der Waals surface area contributed by atoms with Crippen molar-refractivity contribution in [3.05, 3.63) is 65.5 Å². The number of carboxylic acid groups (broad SMARTS) is 1. The first kappa shape index (κ1) is 28.3. The molecule has 2 heterocycles. The quantitative estimate of drug-likeness (QED) is 0.258. The summed E-state index contributed by atoms with van der Waals surface area (Å²) >= 11 is 0.947. The summed E-state index contributed by atoms with van der Waals surface area (Å²) in [5.74, 6) is -1.79. The summed E-state index contributed by atoms with van der Waals surface area (Å²) in [6.45, 7) is 5.75. The van der Waals surface area contributed by atoms with E-state index in [-0.39, 0.29) is 35.5 Å². The van der Waals surface area contributed by atoms with E-state index in [4.69, 9.17) is 9.88 Å². The number of hydrogen-bond acceptors (Lipinski definition) is 9. The summed E-state index contributed by atoms with van der Waals surface area (Å²) < 4.78 is 30.8. The molecule has 0 bridgehead atoms. The molecule has 4 rings (SSSR count). The van der Waals surface area contributed by atoms with Gasteiger partial charge in [0, 0.05) is 6.42 Å². The minimum Gasteiger partial charge on any atom is -0.487 e. The largest absolute Gasteiger partial charge is 0.487 e. The van der Waals surface area contributed by atoms with E-state index in [0.29, 0.717) is 21.7 Å². The molecule has 206 valence electrons. The molecule has 2 atom stereocenters. The third kappa shape index (κ3) is 7.05. The molecule has 0 aliphatic heterocycles. The van der Waals surface area contributed by atoms with Gasteiger partial charge in [-0.2, -0.15) is 0 Å². The molecular weight excluding hydrogens is 542 g/mol. The van der Waals surface area contributed by atoms with Crippen LogP contribution in [0.15, 0.2) is 53.0 Å². The zero-order chi connectivity index (χ0) is 28.3. The van der Waals surface area contributed by atoms with Gasteiger partial charge in [-0.05, 0) is 43.0 Å². The number of rotatable bonds is 12. The van der Waals surface area contributed by atoms with Crippen molar-refractivity contribution >= 4 is 43.3 Å². The highest BCUT2D eigenvalue weighted by atomic mass is 32.2. The molecule has 2 aromatic heterocycles. The van der Waals surface area contributed by atoms with Crippen LogP contribution < -0.4 is 9.88 Å². The lowest BCUT2D eigenvalue weighted by molar-refractivity contribution is -0.144. The smallest absolute Gasteiger partial charge is 0.307 e. The molecule has 0 spiro atoms. The number of Topliss-reactive ketones (excluding diaryl/α,β-unsaturated/α-hetero) is 1. The van der Waals surface area contributed by atoms with Crippen molar-refractivity contribution < 1.29 is 27.9 Å². The maximum atomic E-state index is 13.3. The molecule has 0 aliphatic carbocycles. The lowest BCUT2D eigenvalue weighted by Gasteiger charge is -2.21. The van der Waals surface area contributed by atoms with Crippen LogP contribution in [-0.4, -0.2) is 45.3 Å². The monoisotopic (exact) mass is 571 g/mol. The zero-order valence-corrected chi connectivity index (χ0v) is 23.3. The van der Waals surface area contributed by atoms with Gasteiger partial charge in [0.15, 0.2) is 5.78 Å². The summed E-state index contributed by atoms with van der Waals surface area (Å²) in [5.41, 5.74) is 2.90. The molecule has 0 fully saturated rings. The number of benzene rings is 2. The SMILES string of the molecule is Cc1ccc(C[C@@H](CC(=O)[C@H](C(C)C)n2cc(COc3ccc4nc(S(N)(=O)=O)sc4c3)nn2)C(=O)O)cc1. The Bertz CT molecular complexity index is 1590. The van der Waals surface area contributed by atoms with Crippen LogP contribution >= 0.6 is 11.3 Å². The number of aromatic nitrogens is 4. The zero-order valence-electron chi connectivity index (χ0n) is 21.6. The third-order valence-electron chi connectivity index (χ3n) is 6.17. The minimum atomic E-state index is -3.90. The molecule has 4 aromatic rings. The topological polar surface area (TPSA) is 167 Å². The Morgan fingerprint density at radius 2 is 1.87 bits per heavy atom. The number of hydrogen-bond donors (Lipinski definition) is 2. The second-order valence-corrected chi connectivity index (χ2v) is 12.5. The van der Waals surface area contributed by atoms with Crippen molar-refractivity contribution in [1.29, 1.82) is 0 Å². The highest BCUT2D eigenvalue weighted by Crippen LogP contribution is 2.29. The number of carboxylic acids is 1. The number of carbonyl (C=O) groups is 2. The maximum absolute atomic E-state index is 13.3. The van der Waals surface area contributed by atoms with Crippen molar-refractivity contribution in [2.24, 2.45) is 17.0 Å². The number of nitrogens with zero attached hydrogens (tertiary/aromatic N) is 4. The first-order chi connectivity index (χ1) is 18.4. The van der Waals surface area contributed by atoms with Gasteiger partial charge < -0.3 is 9.84 Å². The molecule has 0 saturated heterocycles. The standard InChI is InChI=1S/C26H29N5O6S2/c1-15(2)24(22(32)11-18(25(33)34)10-17-6-4-16(3)5-7-17)31-13-19(29-30-31)14-37-20-8-9-21-23(12-20)38-26(28-21)39(27,35)36/h4-9,12-13,15,18,24H,10-11,14H2,1-3H3,(H,33,34)(H2,27,35,36)/t18-,24-/m0/s1. The lowest BCUT2D eigenvalue weighted by Crippen LogP contribution is -2.29. The third-order valence-corrected chi connectivity index (χ3v) is 8.51. The molecule has 39 heavy (non-hydrogen) atoms. The van der Waals surface area contributed by atoms with Crippen LogP contribution in [0.3, 0.4) is 0 Å². The van der Waals surface area contributed by atoms with Gasteiger partial charge in [-0.3, -0.25) is 9.59 Å². The van der Waals surface area contributed by atoms with Crippen molar-refractivity contribution in [3.8, 4) is 5.75 Å². The fraction of sp³-hybridized carbons (Fsp3) is 0.346. The van der Waals surface area contributed by atoms with E-state index < -0.39 is 28.0 Å². The van der Waals surface area contributed by atoms with Gasteiger partial charge in [-0.25, -0.2) is 23.2 Å².